The first-order chi connectivity index (χ1) is 16.9. The molecule has 1 saturated carbocycles. The Kier molecular flexibility index (Phi) is 6.18. The summed E-state index contributed by atoms with van der Waals surface area (Å²) in [5.74, 6) is 0.564. The Bertz CT molecular complexity index is 1390. The lowest BCUT2D eigenvalue weighted by atomic mass is 9.95. The van der Waals surface area contributed by atoms with E-state index in [1.54, 1.807) is 13.1 Å². The van der Waals surface area contributed by atoms with Crippen molar-refractivity contribution >= 4 is 33.6 Å². The Morgan fingerprint density at radius 1 is 0.943 bits per heavy atom. The first-order valence-electron chi connectivity index (χ1n) is 12.1. The predicted molar refractivity (Wildman–Crippen MR) is 145 cm³/mol. The Labute approximate surface area is 206 Å². The third-order valence-electron chi connectivity index (χ3n) is 6.56. The second kappa shape index (κ2) is 9.43. The van der Waals surface area contributed by atoms with E-state index in [0.29, 0.717) is 5.69 Å². The summed E-state index contributed by atoms with van der Waals surface area (Å²) in [5.41, 5.74) is 6.49. The lowest BCUT2D eigenvalue weighted by Crippen LogP contribution is -2.10. The van der Waals surface area contributed by atoms with Gasteiger partial charge in [0.15, 0.2) is 5.78 Å². The average molecular weight is 466 g/mol. The number of nitrogens with one attached hydrogen (secondary N) is 2. The van der Waals surface area contributed by atoms with Gasteiger partial charge in [-0.15, -0.1) is 0 Å². The van der Waals surface area contributed by atoms with Crippen molar-refractivity contribution in [2.24, 2.45) is 5.92 Å². The topological polar surface area (TPSA) is 64.6 Å². The second-order valence-electron chi connectivity index (χ2n) is 9.60. The highest BCUT2D eigenvalue weighted by Gasteiger charge is 2.32. The van der Waals surface area contributed by atoms with E-state index in [0.717, 1.165) is 58.2 Å². The van der Waals surface area contributed by atoms with Crippen LogP contribution >= 0.6 is 0 Å². The molecular weight excluding hydrogens is 434 g/mol. The number of hydrogen-bond acceptors (Lipinski definition) is 5. The molecule has 1 aliphatic rings. The van der Waals surface area contributed by atoms with Crippen LogP contribution in [0.2, 0.25) is 0 Å². The number of Topliss-reactive ketones (excluding diaryl/α,β-unsaturated/α-hetero) is 1. The van der Waals surface area contributed by atoms with Gasteiger partial charge in [0.25, 0.3) is 0 Å². The molecule has 0 aliphatic heterocycles. The number of phenolic OH excluding ortho intramolecular Hbond substituents is 1. The summed E-state index contributed by atoms with van der Waals surface area (Å²) in [6.45, 7) is 0.880. The van der Waals surface area contributed by atoms with Crippen molar-refractivity contribution in [3.8, 4) is 16.9 Å². The fraction of sp³-hybridized carbons (Fsp3) is 0.233. The van der Waals surface area contributed by atoms with Crippen LogP contribution in [0.15, 0.2) is 72.8 Å². The van der Waals surface area contributed by atoms with E-state index in [-0.39, 0.29) is 17.5 Å². The van der Waals surface area contributed by atoms with Crippen molar-refractivity contribution in [2.45, 2.75) is 19.4 Å². The van der Waals surface area contributed by atoms with Crippen LogP contribution in [-0.2, 0) is 6.54 Å². The molecule has 5 heteroatoms. The van der Waals surface area contributed by atoms with E-state index < -0.39 is 0 Å². The quantitative estimate of drug-likeness (QED) is 0.201. The van der Waals surface area contributed by atoms with Crippen LogP contribution in [0, 0.1) is 5.92 Å². The molecule has 0 bridgehead atoms. The number of carbonyl (C=O) groups is 1. The number of phenols is 1. The number of rotatable bonds is 8. The molecule has 5 nitrogen and oxygen atoms in total. The lowest BCUT2D eigenvalue weighted by Gasteiger charge is -2.17. The molecule has 1 fully saturated rings. The number of nitrogens with zero attached hydrogens (tertiary/aromatic N) is 1. The van der Waals surface area contributed by atoms with Gasteiger partial charge in [-0.3, -0.25) is 4.79 Å². The molecule has 0 saturated heterocycles. The molecule has 0 aromatic heterocycles. The molecule has 0 radical (unpaired) electrons. The molecule has 35 heavy (non-hydrogen) atoms. The van der Waals surface area contributed by atoms with Gasteiger partial charge >= 0.3 is 0 Å². The standard InChI is InChI=1S/C30H31N3O2/c1-31-27-17-23(11-15-28(27)34)22-9-6-20-10-14-25(30(35)21-7-8-21)29(26(20)16-22)32-24-12-4-19(5-13-24)18-33(2)3/h4-6,9-17,21,31-32,34H,7-8,18H2,1-3H3. The van der Waals surface area contributed by atoms with Crippen molar-refractivity contribution in [1.82, 2.24) is 4.90 Å². The zero-order valence-electron chi connectivity index (χ0n) is 20.4. The summed E-state index contributed by atoms with van der Waals surface area (Å²) in [5, 5.41) is 18.8. The Hall–Kier alpha value is -3.83. The van der Waals surface area contributed by atoms with Gasteiger partial charge in [0, 0.05) is 36.1 Å². The van der Waals surface area contributed by atoms with E-state index in [1.807, 2.05) is 24.3 Å². The fourth-order valence-corrected chi connectivity index (χ4v) is 4.52. The molecule has 0 unspecified atom stereocenters. The first-order valence-corrected chi connectivity index (χ1v) is 12.1. The van der Waals surface area contributed by atoms with Gasteiger partial charge in [0.2, 0.25) is 0 Å². The van der Waals surface area contributed by atoms with Crippen LogP contribution in [0.3, 0.4) is 0 Å². The van der Waals surface area contributed by atoms with Crippen LogP contribution in [0.4, 0.5) is 17.1 Å². The van der Waals surface area contributed by atoms with Crippen molar-refractivity contribution in [3.05, 3.63) is 83.9 Å². The summed E-state index contributed by atoms with van der Waals surface area (Å²) in [4.78, 5) is 15.4. The van der Waals surface area contributed by atoms with Crippen LogP contribution in [0.5, 0.6) is 5.75 Å². The number of ketones is 1. The maximum Gasteiger partial charge on any atom is 0.168 e. The lowest BCUT2D eigenvalue weighted by molar-refractivity contribution is 0.0968. The smallest absolute Gasteiger partial charge is 0.168 e. The van der Waals surface area contributed by atoms with Crippen LogP contribution < -0.4 is 10.6 Å². The average Bonchev–Trinajstić information content (AvgIpc) is 3.70. The molecule has 1 aliphatic carbocycles. The van der Waals surface area contributed by atoms with E-state index in [4.69, 9.17) is 0 Å². The molecule has 4 aromatic carbocycles. The predicted octanol–water partition coefficient (Wildman–Crippen LogP) is 6.65. The molecule has 4 aromatic rings. The van der Waals surface area contributed by atoms with Gasteiger partial charge in [-0.05, 0) is 85.4 Å². The summed E-state index contributed by atoms with van der Waals surface area (Å²) >= 11 is 0. The zero-order valence-corrected chi connectivity index (χ0v) is 20.4. The zero-order chi connectivity index (χ0) is 24.5. The van der Waals surface area contributed by atoms with Gasteiger partial charge in [0.05, 0.1) is 11.4 Å². The van der Waals surface area contributed by atoms with Crippen LogP contribution in [-0.4, -0.2) is 36.9 Å². The second-order valence-corrected chi connectivity index (χ2v) is 9.60. The van der Waals surface area contributed by atoms with E-state index >= 15 is 0 Å². The first kappa shape index (κ1) is 22.9. The number of carbonyl (C=O) groups excluding carboxylic acids is 1. The SMILES string of the molecule is CNc1cc(-c2ccc3ccc(C(=O)C4CC4)c(Nc4ccc(CN(C)C)cc4)c3c2)ccc1O. The molecule has 178 valence electrons. The number of anilines is 3. The Balaban J connectivity index is 1.60. The summed E-state index contributed by atoms with van der Waals surface area (Å²) < 4.78 is 0. The molecule has 0 spiro atoms. The van der Waals surface area contributed by atoms with Gasteiger partial charge in [-0.2, -0.15) is 0 Å². The monoisotopic (exact) mass is 465 g/mol. The third-order valence-corrected chi connectivity index (χ3v) is 6.56. The summed E-state index contributed by atoms with van der Waals surface area (Å²) in [7, 11) is 5.91. The van der Waals surface area contributed by atoms with Crippen molar-refractivity contribution in [3.63, 3.8) is 0 Å². The molecule has 0 atom stereocenters. The highest BCUT2D eigenvalue weighted by Crippen LogP contribution is 2.40. The van der Waals surface area contributed by atoms with Crippen molar-refractivity contribution in [1.29, 1.82) is 0 Å². The molecule has 0 amide bonds. The minimum absolute atomic E-state index is 0.133. The number of benzene rings is 4. The van der Waals surface area contributed by atoms with E-state index in [1.165, 1.54) is 5.56 Å². The van der Waals surface area contributed by atoms with Gasteiger partial charge in [-0.25, -0.2) is 0 Å². The minimum Gasteiger partial charge on any atom is -0.506 e. The molecular formula is C30H31N3O2. The number of aromatic hydroxyl groups is 1. The molecule has 5 rings (SSSR count). The minimum atomic E-state index is 0.133. The maximum atomic E-state index is 13.2. The summed E-state index contributed by atoms with van der Waals surface area (Å²) in [6, 6.07) is 24.2. The van der Waals surface area contributed by atoms with Gasteiger partial charge in [0.1, 0.15) is 5.75 Å². The summed E-state index contributed by atoms with van der Waals surface area (Å²) in [6.07, 6.45) is 1.94. The van der Waals surface area contributed by atoms with E-state index in [2.05, 4.69) is 72.1 Å². The van der Waals surface area contributed by atoms with Gasteiger partial charge in [-0.1, -0.05) is 36.4 Å². The molecule has 0 heterocycles. The van der Waals surface area contributed by atoms with Crippen LogP contribution in [0.25, 0.3) is 21.9 Å². The van der Waals surface area contributed by atoms with Gasteiger partial charge < -0.3 is 20.6 Å². The van der Waals surface area contributed by atoms with E-state index in [9.17, 15) is 9.90 Å². The highest BCUT2D eigenvalue weighted by molar-refractivity contribution is 6.12. The normalized spacial score (nSPS) is 13.3. The Morgan fingerprint density at radius 2 is 1.63 bits per heavy atom. The number of hydrogen-bond donors (Lipinski definition) is 3. The van der Waals surface area contributed by atoms with Crippen LogP contribution in [0.1, 0.15) is 28.8 Å². The number of fused-ring (bicyclic) bond motifs is 1. The van der Waals surface area contributed by atoms with Crippen molar-refractivity contribution < 1.29 is 9.90 Å². The third kappa shape index (κ3) is 4.86. The maximum absolute atomic E-state index is 13.2. The van der Waals surface area contributed by atoms with Crippen molar-refractivity contribution in [2.75, 3.05) is 31.8 Å². The largest absolute Gasteiger partial charge is 0.506 e. The highest BCUT2D eigenvalue weighted by atomic mass is 16.3. The molecule has 3 N–H and O–H groups in total. The fourth-order valence-electron chi connectivity index (χ4n) is 4.52. The Morgan fingerprint density at radius 3 is 2.31 bits per heavy atom.